The molecular weight excluding hydrogens is 364 g/mol. The summed E-state index contributed by atoms with van der Waals surface area (Å²) in [6.45, 7) is 20.3. The fourth-order valence-corrected chi connectivity index (χ4v) is 2.74. The summed E-state index contributed by atoms with van der Waals surface area (Å²) in [6, 6.07) is 8.53. The number of aryl methyl sites for hydroxylation is 1. The molecule has 0 saturated heterocycles. The zero-order chi connectivity index (χ0) is 23.5. The molecule has 0 heterocycles. The van der Waals surface area contributed by atoms with Crippen molar-refractivity contribution in [2.45, 2.75) is 75.7 Å². The average molecular weight is 409 g/mol. The molecule has 30 heavy (non-hydrogen) atoms. The van der Waals surface area contributed by atoms with Crippen LogP contribution in [0.5, 0.6) is 0 Å². The van der Waals surface area contributed by atoms with Gasteiger partial charge in [0.05, 0.1) is 0 Å². The molecule has 0 fully saturated rings. The molecule has 1 aromatic carbocycles. The highest BCUT2D eigenvalue weighted by molar-refractivity contribution is 6.12. The van der Waals surface area contributed by atoms with Crippen LogP contribution in [0, 0.1) is 6.92 Å². The van der Waals surface area contributed by atoms with E-state index in [1.54, 1.807) is 7.05 Å². The first kappa shape index (κ1) is 29.7. The van der Waals surface area contributed by atoms with E-state index in [1.807, 2.05) is 55.4 Å². The second-order valence-corrected chi connectivity index (χ2v) is 6.15. The fourth-order valence-electron chi connectivity index (χ4n) is 2.74. The Morgan fingerprint density at radius 3 is 2.07 bits per heavy atom. The molecular formula is C28H44N2. The van der Waals surface area contributed by atoms with Crippen LogP contribution in [0.4, 0.5) is 0 Å². The van der Waals surface area contributed by atoms with Crippen molar-refractivity contribution in [1.82, 2.24) is 0 Å². The van der Waals surface area contributed by atoms with Crippen molar-refractivity contribution >= 4 is 17.1 Å². The summed E-state index contributed by atoms with van der Waals surface area (Å²) in [5.41, 5.74) is 7.11. The van der Waals surface area contributed by atoms with Gasteiger partial charge in [0.15, 0.2) is 5.84 Å². The molecule has 2 heteroatoms. The molecule has 2 nitrogen and oxygen atoms in total. The minimum Gasteiger partial charge on any atom is -0.270 e. The summed E-state index contributed by atoms with van der Waals surface area (Å²) in [5.74, 6) is 0.820. The van der Waals surface area contributed by atoms with E-state index in [2.05, 4.69) is 73.5 Å². The van der Waals surface area contributed by atoms with Crippen molar-refractivity contribution in [3.63, 3.8) is 0 Å². The molecule has 0 atom stereocenters. The van der Waals surface area contributed by atoms with Gasteiger partial charge in [0, 0.05) is 18.3 Å². The number of nitrogens with zero attached hydrogens (tertiary/aromatic N) is 2. The van der Waals surface area contributed by atoms with E-state index < -0.39 is 0 Å². The monoisotopic (exact) mass is 408 g/mol. The number of amidine groups is 1. The van der Waals surface area contributed by atoms with Gasteiger partial charge >= 0.3 is 0 Å². The van der Waals surface area contributed by atoms with Crippen molar-refractivity contribution in [3.8, 4) is 0 Å². The van der Waals surface area contributed by atoms with Crippen molar-refractivity contribution in [2.24, 2.45) is 9.98 Å². The Morgan fingerprint density at radius 2 is 1.60 bits per heavy atom. The van der Waals surface area contributed by atoms with Gasteiger partial charge in [-0.1, -0.05) is 101 Å². The molecule has 0 unspecified atom stereocenters. The van der Waals surface area contributed by atoms with Gasteiger partial charge in [-0.2, -0.15) is 0 Å². The molecule has 0 saturated carbocycles. The summed E-state index contributed by atoms with van der Waals surface area (Å²) in [6.07, 6.45) is 11.5. The molecule has 1 aliphatic carbocycles. The van der Waals surface area contributed by atoms with Crippen LogP contribution >= 0.6 is 0 Å². The normalized spacial score (nSPS) is 13.9. The van der Waals surface area contributed by atoms with Gasteiger partial charge in [-0.3, -0.25) is 4.99 Å². The van der Waals surface area contributed by atoms with Gasteiger partial charge in [-0.15, -0.1) is 0 Å². The van der Waals surface area contributed by atoms with E-state index in [1.165, 1.54) is 22.3 Å². The zero-order valence-electron chi connectivity index (χ0n) is 21.3. The Kier molecular flexibility index (Phi) is 18.4. The molecule has 1 aliphatic rings. The smallest absolute Gasteiger partial charge is 0.150 e. The second-order valence-electron chi connectivity index (χ2n) is 6.15. The molecule has 0 amide bonds. The molecule has 0 N–H and O–H groups in total. The lowest BCUT2D eigenvalue weighted by Crippen LogP contribution is -2.02. The first-order chi connectivity index (χ1) is 14.5. The first-order valence-corrected chi connectivity index (χ1v) is 11.3. The number of rotatable bonds is 4. The maximum absolute atomic E-state index is 4.74. The van der Waals surface area contributed by atoms with Crippen molar-refractivity contribution < 1.29 is 0 Å². The largest absolute Gasteiger partial charge is 0.270 e. The molecule has 0 aromatic heterocycles. The standard InChI is InChI=1S/C22H26N2.3C2H6/c1-6-8-19(20-10-7-9-16(2)13-20)15-18(4)24-22(23-5)21-12-11-17(3)14-21;3*1-2/h6-13,15H,14H2,1-5H3;3*1-2H3/b8-6-,19-15+,23-22?,24-18?;;;. The van der Waals surface area contributed by atoms with Crippen LogP contribution in [0.25, 0.3) is 5.57 Å². The van der Waals surface area contributed by atoms with Gasteiger partial charge in [0.25, 0.3) is 0 Å². The summed E-state index contributed by atoms with van der Waals surface area (Å²) in [5, 5.41) is 0. The molecule has 0 aliphatic heterocycles. The fraction of sp³-hybridized carbons (Fsp3) is 0.429. The van der Waals surface area contributed by atoms with Crippen LogP contribution in [0.2, 0.25) is 0 Å². The van der Waals surface area contributed by atoms with Gasteiger partial charge in [0.1, 0.15) is 0 Å². The number of aliphatic imine (C=N–C) groups is 2. The van der Waals surface area contributed by atoms with Crippen LogP contribution in [0.3, 0.4) is 0 Å². The average Bonchev–Trinajstić information content (AvgIpc) is 3.22. The minimum atomic E-state index is 0.820. The van der Waals surface area contributed by atoms with Gasteiger partial charge in [-0.25, -0.2) is 4.99 Å². The highest BCUT2D eigenvalue weighted by Crippen LogP contribution is 2.21. The van der Waals surface area contributed by atoms with E-state index in [0.717, 1.165) is 23.5 Å². The molecule has 166 valence electrons. The summed E-state index contributed by atoms with van der Waals surface area (Å²) >= 11 is 0. The van der Waals surface area contributed by atoms with E-state index in [4.69, 9.17) is 4.99 Å². The maximum atomic E-state index is 4.74. The third kappa shape index (κ3) is 10.9. The first-order valence-electron chi connectivity index (χ1n) is 11.3. The summed E-state index contributed by atoms with van der Waals surface area (Å²) < 4.78 is 0. The van der Waals surface area contributed by atoms with Crippen LogP contribution in [-0.2, 0) is 0 Å². The van der Waals surface area contributed by atoms with E-state index in [9.17, 15) is 0 Å². The quantitative estimate of drug-likeness (QED) is 0.270. The van der Waals surface area contributed by atoms with Crippen LogP contribution < -0.4 is 0 Å². The van der Waals surface area contributed by atoms with Crippen molar-refractivity contribution in [1.29, 1.82) is 0 Å². The van der Waals surface area contributed by atoms with Gasteiger partial charge in [-0.05, 0) is 51.3 Å². The molecule has 2 rings (SSSR count). The lowest BCUT2D eigenvalue weighted by atomic mass is 10.0. The Morgan fingerprint density at radius 1 is 0.967 bits per heavy atom. The molecule has 1 aromatic rings. The molecule has 0 bridgehead atoms. The number of hydrogen-bond acceptors (Lipinski definition) is 1. The lowest BCUT2D eigenvalue weighted by molar-refractivity contribution is 1.19. The van der Waals surface area contributed by atoms with Crippen LogP contribution in [-0.4, -0.2) is 18.6 Å². The summed E-state index contributed by atoms with van der Waals surface area (Å²) in [4.78, 5) is 9.10. The molecule has 0 spiro atoms. The molecule has 0 radical (unpaired) electrons. The van der Waals surface area contributed by atoms with Crippen LogP contribution in [0.1, 0.15) is 79.9 Å². The lowest BCUT2D eigenvalue weighted by Gasteiger charge is -2.06. The van der Waals surface area contributed by atoms with E-state index in [0.29, 0.717) is 0 Å². The van der Waals surface area contributed by atoms with Crippen LogP contribution in [0.15, 0.2) is 75.8 Å². The Hall–Kier alpha value is -2.48. The van der Waals surface area contributed by atoms with E-state index >= 15 is 0 Å². The number of allylic oxidation sites excluding steroid dienone is 7. The van der Waals surface area contributed by atoms with Gasteiger partial charge in [0.2, 0.25) is 0 Å². The highest BCUT2D eigenvalue weighted by atomic mass is 14.9. The second kappa shape index (κ2) is 18.5. The third-order valence-electron chi connectivity index (χ3n) is 3.88. The predicted molar refractivity (Wildman–Crippen MR) is 141 cm³/mol. The SMILES string of the molecule is C/C=C\C(=C/C(C)=NC(=NC)C1=CC=C(C)C1)c1cccc(C)c1.CC.CC.CC. The third-order valence-corrected chi connectivity index (χ3v) is 3.88. The Labute approximate surface area is 187 Å². The van der Waals surface area contributed by atoms with Gasteiger partial charge < -0.3 is 0 Å². The van der Waals surface area contributed by atoms with Crippen molar-refractivity contribution in [2.75, 3.05) is 7.05 Å². The zero-order valence-corrected chi connectivity index (χ0v) is 21.3. The highest BCUT2D eigenvalue weighted by Gasteiger charge is 2.10. The summed E-state index contributed by atoms with van der Waals surface area (Å²) in [7, 11) is 1.80. The maximum Gasteiger partial charge on any atom is 0.150 e. The number of hydrogen-bond donors (Lipinski definition) is 0. The van der Waals surface area contributed by atoms with Crippen molar-refractivity contribution in [3.05, 3.63) is 76.9 Å². The minimum absolute atomic E-state index is 0.820. The predicted octanol–water partition coefficient (Wildman–Crippen LogP) is 8.80. The number of benzene rings is 1. The Bertz CT molecular complexity index is 785. The Balaban J connectivity index is 0. The topological polar surface area (TPSA) is 24.7 Å². The van der Waals surface area contributed by atoms with E-state index in [-0.39, 0.29) is 0 Å².